The number of nitrogens with one attached hydrogen (secondary N) is 4. The van der Waals surface area contributed by atoms with Gasteiger partial charge in [0.25, 0.3) is 0 Å². The first-order valence-corrected chi connectivity index (χ1v) is 28.6. The minimum atomic E-state index is -1.83. The molecule has 64 heavy (non-hydrogen) atoms. The molecule has 340 valence electrons. The van der Waals surface area contributed by atoms with E-state index < -0.39 is 40.4 Å². The van der Waals surface area contributed by atoms with Crippen molar-refractivity contribution in [1.29, 1.82) is 0 Å². The van der Waals surface area contributed by atoms with Crippen molar-refractivity contribution >= 4 is 51.1 Å². The molecule has 5 aromatic rings. The Labute approximate surface area is 373 Å². The largest absolute Gasteiger partial charge is 0.472 e. The first-order chi connectivity index (χ1) is 30.3. The highest BCUT2D eigenvalue weighted by Gasteiger charge is 2.47. The number of carbonyl (C=O) groups is 4. The van der Waals surface area contributed by atoms with Gasteiger partial charge < -0.3 is 49.2 Å². The summed E-state index contributed by atoms with van der Waals surface area (Å²) in [4.78, 5) is 72.4. The number of ether oxygens (including phenoxy) is 3. The predicted octanol–water partition coefficient (Wildman–Crippen LogP) is 7.60. The quantitative estimate of drug-likeness (QED) is 0.102. The lowest BCUT2D eigenvalue weighted by molar-refractivity contribution is -0.135. The molecule has 0 unspecified atom stereocenters. The third kappa shape index (κ3) is 8.30. The number of fused-ring (bicyclic) bond motifs is 5. The minimum absolute atomic E-state index is 0.108. The van der Waals surface area contributed by atoms with E-state index in [2.05, 4.69) is 46.8 Å². The number of benzene rings is 2. The van der Waals surface area contributed by atoms with Gasteiger partial charge in [-0.05, 0) is 48.2 Å². The molecule has 19 heteroatoms. The van der Waals surface area contributed by atoms with Crippen molar-refractivity contribution < 1.29 is 37.8 Å². The normalized spacial score (nSPS) is 19.6. The monoisotopic (exact) mass is 911 g/mol. The second-order valence-electron chi connectivity index (χ2n) is 19.6. The maximum absolute atomic E-state index is 16.7. The number of carbonyl (C=O) groups excluding carboxylic acids is 4. The second-order valence-corrected chi connectivity index (χ2v) is 29.7. The van der Waals surface area contributed by atoms with Crippen LogP contribution >= 0.6 is 0 Å². The Morgan fingerprint density at radius 3 is 1.73 bits per heavy atom. The van der Waals surface area contributed by atoms with Gasteiger partial charge in [0.15, 0.2) is 12.5 Å². The fourth-order valence-corrected chi connectivity index (χ4v) is 15.3. The molecule has 3 aromatic heterocycles. The lowest BCUT2D eigenvalue weighted by Gasteiger charge is -2.30. The number of nitrogens with zero attached hydrogens (tertiary/aromatic N) is 5. The van der Waals surface area contributed by atoms with Crippen LogP contribution in [0.4, 0.5) is 14.0 Å². The number of aromatic amines is 2. The van der Waals surface area contributed by atoms with Crippen LogP contribution in [0.2, 0.25) is 38.3 Å². The molecule has 2 saturated heterocycles. The number of H-pyrrole nitrogens is 2. The van der Waals surface area contributed by atoms with E-state index in [1.165, 1.54) is 14.2 Å². The van der Waals surface area contributed by atoms with Crippen molar-refractivity contribution in [3.05, 3.63) is 66.3 Å². The first kappa shape index (κ1) is 44.6. The summed E-state index contributed by atoms with van der Waals surface area (Å²) in [6, 6.07) is 10.8. The molecule has 0 radical (unpaired) electrons. The first-order valence-electron chi connectivity index (χ1n) is 21.8. The van der Waals surface area contributed by atoms with Crippen molar-refractivity contribution in [3.63, 3.8) is 0 Å². The third-order valence-electron chi connectivity index (χ3n) is 12.8. The highest BCUT2D eigenvalue weighted by molar-refractivity contribution is 6.79. The van der Waals surface area contributed by atoms with Gasteiger partial charge in [0, 0.05) is 34.4 Å². The van der Waals surface area contributed by atoms with Crippen molar-refractivity contribution in [3.8, 4) is 39.5 Å². The van der Waals surface area contributed by atoms with E-state index in [1.807, 2.05) is 78.5 Å². The van der Waals surface area contributed by atoms with E-state index in [4.69, 9.17) is 24.2 Å². The highest BCUT2D eigenvalue weighted by Crippen LogP contribution is 2.44. The molecular formula is C45H58FN9O7Si2. The predicted molar refractivity (Wildman–Crippen MR) is 245 cm³/mol. The van der Waals surface area contributed by atoms with Crippen LogP contribution in [0.5, 0.6) is 5.75 Å². The lowest BCUT2D eigenvalue weighted by atomic mass is 10.0. The molecule has 2 aromatic carbocycles. The molecule has 3 aliphatic rings. The van der Waals surface area contributed by atoms with Crippen molar-refractivity contribution in [1.82, 2.24) is 44.9 Å². The Bertz CT molecular complexity index is 2640. The molecule has 3 aliphatic heterocycles. The molecule has 4 N–H and O–H groups in total. The maximum Gasteiger partial charge on any atom is 0.407 e. The maximum atomic E-state index is 16.7. The van der Waals surface area contributed by atoms with E-state index in [0.29, 0.717) is 57.6 Å². The van der Waals surface area contributed by atoms with Gasteiger partial charge in [-0.1, -0.05) is 66.0 Å². The number of halogens is 1. The standard InChI is InChI=1S/C45H58FN9O7Si2/c1-24(2)37(51-44(58)60-5)42(56)54-22-63(7,8)19-33(54)40-47-17-30(49-40)26-12-14-32-29(15-26)36(46)39-28-13-11-27(16-35(28)62-21-53(32)39)31-18-48-41(50-31)34-20-64(9,10)23-55(34)43(57)38(25(3)4)52-45(59)61-6/h11-18,24-25,33-34,37-38H,19-23H2,1-10H3,(H,47,49)(H,48,50)(H,51,58)(H,52,59)/t33-,34-,37-,38-/m0/s1. The molecule has 0 bridgehead atoms. The zero-order chi connectivity index (χ0) is 46.0. The number of hydrogen-bond donors (Lipinski definition) is 4. The van der Waals surface area contributed by atoms with E-state index in [-0.39, 0.29) is 48.3 Å². The number of rotatable bonds is 10. The fraction of sp³-hybridized carbons (Fsp3) is 0.467. The van der Waals surface area contributed by atoms with Gasteiger partial charge >= 0.3 is 12.2 Å². The number of alkyl carbamates (subject to hydrolysis) is 2. The van der Waals surface area contributed by atoms with Gasteiger partial charge in [0.1, 0.15) is 29.5 Å². The molecule has 16 nitrogen and oxygen atoms in total. The van der Waals surface area contributed by atoms with Gasteiger partial charge in [0.2, 0.25) is 11.8 Å². The Morgan fingerprint density at radius 2 is 1.25 bits per heavy atom. The molecule has 4 amide bonds. The third-order valence-corrected chi connectivity index (χ3v) is 18.2. The number of amides is 4. The summed E-state index contributed by atoms with van der Waals surface area (Å²) in [5.74, 6) is 0.836. The van der Waals surface area contributed by atoms with Crippen LogP contribution in [0.3, 0.4) is 0 Å². The van der Waals surface area contributed by atoms with Crippen molar-refractivity contribution in [2.45, 2.75) is 96.9 Å². The zero-order valence-corrected chi connectivity index (χ0v) is 40.1. The van der Waals surface area contributed by atoms with Crippen LogP contribution in [0, 0.1) is 17.7 Å². The number of aromatic nitrogens is 5. The summed E-state index contributed by atoms with van der Waals surface area (Å²) < 4.78 is 34.5. The lowest BCUT2D eigenvalue weighted by Crippen LogP contribution is -2.52. The van der Waals surface area contributed by atoms with Crippen LogP contribution in [0.25, 0.3) is 44.7 Å². The molecule has 4 atom stereocenters. The summed E-state index contributed by atoms with van der Waals surface area (Å²) in [5, 5.41) is 5.88. The van der Waals surface area contributed by atoms with Crippen LogP contribution < -0.4 is 15.4 Å². The zero-order valence-electron chi connectivity index (χ0n) is 38.1. The molecular weight excluding hydrogens is 854 g/mol. The van der Waals surface area contributed by atoms with Gasteiger partial charge in [-0.25, -0.2) is 23.9 Å². The molecule has 0 aliphatic carbocycles. The highest BCUT2D eigenvalue weighted by atomic mass is 28.3. The van der Waals surface area contributed by atoms with E-state index in [0.717, 1.165) is 28.9 Å². The average Bonchev–Trinajstić information content (AvgIpc) is 4.10. The topological polar surface area (TPSA) is 189 Å². The number of methoxy groups -OCH3 is 2. The van der Waals surface area contributed by atoms with Gasteiger partial charge in [0.05, 0.1) is 77.4 Å². The van der Waals surface area contributed by atoms with Crippen LogP contribution in [-0.4, -0.2) is 113 Å². The smallest absolute Gasteiger partial charge is 0.407 e. The summed E-state index contributed by atoms with van der Waals surface area (Å²) in [6.45, 7) is 16.7. The second kappa shape index (κ2) is 16.9. The van der Waals surface area contributed by atoms with Crippen LogP contribution in [0.15, 0.2) is 48.8 Å². The van der Waals surface area contributed by atoms with Crippen molar-refractivity contribution in [2.24, 2.45) is 11.8 Å². The summed E-state index contributed by atoms with van der Waals surface area (Å²) in [6.07, 6.45) is 3.43. The van der Waals surface area contributed by atoms with E-state index >= 15 is 4.39 Å². The number of hydrogen-bond acceptors (Lipinski definition) is 9. The Hall–Kier alpha value is -5.96. The van der Waals surface area contributed by atoms with Crippen molar-refractivity contribution in [2.75, 3.05) is 26.6 Å². The van der Waals surface area contributed by atoms with E-state index in [9.17, 15) is 19.2 Å². The minimum Gasteiger partial charge on any atom is -0.472 e. The van der Waals surface area contributed by atoms with E-state index in [1.54, 1.807) is 12.4 Å². The summed E-state index contributed by atoms with van der Waals surface area (Å²) in [5.41, 5.74) is 4.70. The Kier molecular flexibility index (Phi) is 11.8. The molecule has 6 heterocycles. The molecule has 0 saturated carbocycles. The summed E-state index contributed by atoms with van der Waals surface area (Å²) >= 11 is 0. The fourth-order valence-electron chi connectivity index (χ4n) is 9.57. The SMILES string of the molecule is COC(=O)N[C@H](C(=O)N1C[Si](C)(C)C[C@H]1c1ncc(-c2ccc3c(c2)OCn2c-3c(F)c3cc(-c4cnc([C@@H]5C[Si](C)(C)CN5C(=O)[C@@H](NC(=O)OC)C(C)C)[nH]4)ccc32)[nH]1)C(C)C. The van der Waals surface area contributed by atoms with Gasteiger partial charge in [-0.2, -0.15) is 0 Å². The molecule has 2 fully saturated rings. The Balaban J connectivity index is 1.04. The van der Waals surface area contributed by atoms with Gasteiger partial charge in [-0.15, -0.1) is 0 Å². The van der Waals surface area contributed by atoms with Gasteiger partial charge in [-0.3, -0.25) is 9.59 Å². The molecule has 8 rings (SSSR count). The Morgan fingerprint density at radius 1 is 0.766 bits per heavy atom. The van der Waals surface area contributed by atoms with Crippen LogP contribution in [0.1, 0.15) is 51.4 Å². The molecule has 0 spiro atoms. The summed E-state index contributed by atoms with van der Waals surface area (Å²) in [7, 11) is -1.10. The van der Waals surface area contributed by atoms with Crippen LogP contribution in [-0.2, 0) is 25.8 Å². The number of imidazole rings is 2. The average molecular weight is 912 g/mol.